The van der Waals surface area contributed by atoms with Gasteiger partial charge in [0.05, 0.1) is 5.41 Å². The number of ketones is 1. The van der Waals surface area contributed by atoms with Crippen LogP contribution in [-0.4, -0.2) is 36.7 Å². The van der Waals surface area contributed by atoms with E-state index in [2.05, 4.69) is 0 Å². The Morgan fingerprint density at radius 3 is 2.12 bits per heavy atom. The number of hydrogen-bond donors (Lipinski definition) is 1. The van der Waals surface area contributed by atoms with E-state index in [1.54, 1.807) is 30.3 Å². The van der Waals surface area contributed by atoms with Crippen molar-refractivity contribution in [3.63, 3.8) is 0 Å². The number of carbonyl (C=O) groups excluding carboxylic acids is 2. The highest BCUT2D eigenvalue weighted by Crippen LogP contribution is 2.31. The van der Waals surface area contributed by atoms with Crippen molar-refractivity contribution in [2.24, 2.45) is 5.73 Å². The first-order chi connectivity index (χ1) is 11.3. The zero-order chi connectivity index (χ0) is 17.9. The zero-order valence-electron chi connectivity index (χ0n) is 14.6. The number of primary amides is 1. The van der Waals surface area contributed by atoms with Crippen LogP contribution in [0, 0.1) is 0 Å². The van der Waals surface area contributed by atoms with Crippen LogP contribution in [-0.2, 0) is 10.2 Å². The molecule has 2 unspecified atom stereocenters. The third kappa shape index (κ3) is 3.24. The highest BCUT2D eigenvalue weighted by Gasteiger charge is 2.40. The van der Waals surface area contributed by atoms with Gasteiger partial charge >= 0.3 is 0 Å². The minimum Gasteiger partial charge on any atom is -0.369 e. The second-order valence-electron chi connectivity index (χ2n) is 6.48. The number of benzene rings is 2. The molecule has 0 heterocycles. The molecule has 0 spiro atoms. The Kier molecular flexibility index (Phi) is 5.20. The summed E-state index contributed by atoms with van der Waals surface area (Å²) in [7, 11) is 3.82. The predicted molar refractivity (Wildman–Crippen MR) is 96.0 cm³/mol. The van der Waals surface area contributed by atoms with Crippen LogP contribution >= 0.6 is 0 Å². The smallest absolute Gasteiger partial charge is 0.229 e. The van der Waals surface area contributed by atoms with Gasteiger partial charge in [-0.05, 0) is 39.6 Å². The lowest BCUT2D eigenvalue weighted by Gasteiger charge is -2.37. The number of carbonyl (C=O) groups is 2. The van der Waals surface area contributed by atoms with Crippen molar-refractivity contribution >= 4 is 11.7 Å². The molecule has 2 aromatic carbocycles. The number of nitrogens with two attached hydrogens (primary N) is 1. The van der Waals surface area contributed by atoms with E-state index in [1.165, 1.54) is 0 Å². The monoisotopic (exact) mass is 324 g/mol. The van der Waals surface area contributed by atoms with Crippen molar-refractivity contribution < 1.29 is 9.59 Å². The molecule has 0 aliphatic rings. The van der Waals surface area contributed by atoms with Gasteiger partial charge in [0.2, 0.25) is 5.91 Å². The van der Waals surface area contributed by atoms with Crippen LogP contribution in [0.15, 0.2) is 54.6 Å². The first-order valence-electron chi connectivity index (χ1n) is 7.95. The molecule has 0 fully saturated rings. The molecule has 0 aliphatic heterocycles. The van der Waals surface area contributed by atoms with Gasteiger partial charge in [-0.3, -0.25) is 9.59 Å². The van der Waals surface area contributed by atoms with Gasteiger partial charge in [0.15, 0.2) is 5.78 Å². The third-order valence-electron chi connectivity index (χ3n) is 4.88. The molecule has 0 saturated heterocycles. The van der Waals surface area contributed by atoms with Gasteiger partial charge in [0.25, 0.3) is 0 Å². The van der Waals surface area contributed by atoms with E-state index in [0.29, 0.717) is 11.1 Å². The summed E-state index contributed by atoms with van der Waals surface area (Å²) in [5, 5.41) is 0. The standard InChI is InChI=1S/C20H24N2O2/c1-14(22(3)4)20(2,19(21)24)17-12-8-11-16(13-17)18(23)15-9-6-5-7-10-15/h5-14H,1-4H3,(H2,21,24). The molecular formula is C20H24N2O2. The van der Waals surface area contributed by atoms with Gasteiger partial charge in [-0.25, -0.2) is 0 Å². The average molecular weight is 324 g/mol. The Labute approximate surface area is 143 Å². The van der Waals surface area contributed by atoms with E-state index in [-0.39, 0.29) is 11.8 Å². The molecule has 2 N–H and O–H groups in total. The fourth-order valence-corrected chi connectivity index (χ4v) is 2.85. The maximum Gasteiger partial charge on any atom is 0.229 e. The minimum atomic E-state index is -0.892. The summed E-state index contributed by atoms with van der Waals surface area (Å²) in [5.74, 6) is -0.477. The molecule has 0 saturated carbocycles. The van der Waals surface area contributed by atoms with Crippen LogP contribution in [0.5, 0.6) is 0 Å². The first kappa shape index (κ1) is 17.9. The highest BCUT2D eigenvalue weighted by molar-refractivity contribution is 6.09. The SMILES string of the molecule is CC(N(C)C)C(C)(C(N)=O)c1cccc(C(=O)c2ccccc2)c1. The second-order valence-corrected chi connectivity index (χ2v) is 6.48. The third-order valence-corrected chi connectivity index (χ3v) is 4.88. The summed E-state index contributed by atoms with van der Waals surface area (Å²) in [6.45, 7) is 3.78. The molecule has 1 amide bonds. The van der Waals surface area contributed by atoms with E-state index in [4.69, 9.17) is 5.73 Å². The lowest BCUT2D eigenvalue weighted by molar-refractivity contribution is -0.125. The van der Waals surface area contributed by atoms with E-state index in [1.807, 2.05) is 57.1 Å². The zero-order valence-corrected chi connectivity index (χ0v) is 14.6. The first-order valence-corrected chi connectivity index (χ1v) is 7.95. The fourth-order valence-electron chi connectivity index (χ4n) is 2.85. The summed E-state index contributed by atoms with van der Waals surface area (Å²) >= 11 is 0. The van der Waals surface area contributed by atoms with Crippen LogP contribution in [0.3, 0.4) is 0 Å². The Morgan fingerprint density at radius 2 is 1.58 bits per heavy atom. The molecule has 0 aliphatic carbocycles. The molecule has 0 bridgehead atoms. The van der Waals surface area contributed by atoms with Crippen molar-refractivity contribution in [2.45, 2.75) is 25.3 Å². The summed E-state index contributed by atoms with van der Waals surface area (Å²) in [6.07, 6.45) is 0. The Hall–Kier alpha value is -2.46. The van der Waals surface area contributed by atoms with Crippen LogP contribution in [0.4, 0.5) is 0 Å². The van der Waals surface area contributed by atoms with Crippen molar-refractivity contribution in [1.82, 2.24) is 4.90 Å². The predicted octanol–water partition coefficient (Wildman–Crippen LogP) is 2.61. The largest absolute Gasteiger partial charge is 0.369 e. The van der Waals surface area contributed by atoms with Gasteiger partial charge in [-0.15, -0.1) is 0 Å². The van der Waals surface area contributed by atoms with Crippen LogP contribution in [0.2, 0.25) is 0 Å². The number of likely N-dealkylation sites (N-methyl/N-ethyl adjacent to an activating group) is 1. The maximum absolute atomic E-state index is 12.7. The van der Waals surface area contributed by atoms with Crippen molar-refractivity contribution in [1.29, 1.82) is 0 Å². The topological polar surface area (TPSA) is 63.4 Å². The summed E-state index contributed by atoms with van der Waals surface area (Å²) in [6, 6.07) is 16.2. The van der Waals surface area contributed by atoms with Crippen LogP contribution < -0.4 is 5.73 Å². The number of rotatable bonds is 6. The van der Waals surface area contributed by atoms with Crippen molar-refractivity contribution in [3.8, 4) is 0 Å². The molecule has 2 rings (SSSR count). The fraction of sp³-hybridized carbons (Fsp3) is 0.300. The molecule has 24 heavy (non-hydrogen) atoms. The molecule has 4 nitrogen and oxygen atoms in total. The normalized spacial score (nSPS) is 14.9. The van der Waals surface area contributed by atoms with E-state index >= 15 is 0 Å². The highest BCUT2D eigenvalue weighted by atomic mass is 16.1. The molecule has 4 heteroatoms. The van der Waals surface area contributed by atoms with Gasteiger partial charge in [0.1, 0.15) is 0 Å². The van der Waals surface area contributed by atoms with E-state index < -0.39 is 11.3 Å². The van der Waals surface area contributed by atoms with E-state index in [9.17, 15) is 9.59 Å². The molecule has 2 aromatic rings. The van der Waals surface area contributed by atoms with Gasteiger partial charge in [-0.1, -0.05) is 48.5 Å². The van der Waals surface area contributed by atoms with Gasteiger partial charge in [0, 0.05) is 17.2 Å². The lowest BCUT2D eigenvalue weighted by Crippen LogP contribution is -2.52. The quantitative estimate of drug-likeness (QED) is 0.831. The number of nitrogens with zero attached hydrogens (tertiary/aromatic N) is 1. The molecule has 0 aromatic heterocycles. The second kappa shape index (κ2) is 6.97. The molecule has 126 valence electrons. The van der Waals surface area contributed by atoms with E-state index in [0.717, 1.165) is 5.56 Å². The summed E-state index contributed by atoms with van der Waals surface area (Å²) < 4.78 is 0. The lowest BCUT2D eigenvalue weighted by atomic mass is 9.74. The Bertz CT molecular complexity index is 740. The number of amides is 1. The number of hydrogen-bond acceptors (Lipinski definition) is 3. The van der Waals surface area contributed by atoms with Crippen molar-refractivity contribution in [3.05, 3.63) is 71.3 Å². The van der Waals surface area contributed by atoms with Gasteiger partial charge < -0.3 is 10.6 Å². The Morgan fingerprint density at radius 1 is 1.00 bits per heavy atom. The average Bonchev–Trinajstić information content (AvgIpc) is 2.60. The maximum atomic E-state index is 12.7. The molecule has 2 atom stereocenters. The Balaban J connectivity index is 2.49. The summed E-state index contributed by atoms with van der Waals surface area (Å²) in [4.78, 5) is 26.9. The minimum absolute atomic E-state index is 0.0678. The molecule has 0 radical (unpaired) electrons. The van der Waals surface area contributed by atoms with Crippen LogP contribution in [0.1, 0.15) is 35.3 Å². The van der Waals surface area contributed by atoms with Crippen molar-refractivity contribution in [2.75, 3.05) is 14.1 Å². The van der Waals surface area contributed by atoms with Crippen LogP contribution in [0.25, 0.3) is 0 Å². The molecular weight excluding hydrogens is 300 g/mol. The summed E-state index contributed by atoms with van der Waals surface area (Å²) in [5.41, 5.74) is 6.76. The van der Waals surface area contributed by atoms with Gasteiger partial charge in [-0.2, -0.15) is 0 Å².